The molecule has 3 N–H and O–H groups in total. The first kappa shape index (κ1) is 19.4. The summed E-state index contributed by atoms with van der Waals surface area (Å²) in [5, 5.41) is 12.6. The molecule has 0 radical (unpaired) electrons. The smallest absolute Gasteiger partial charge is 0.0802 e. The number of hydrogen-bond donors (Lipinski definition) is 3. The van der Waals surface area contributed by atoms with E-state index in [1.165, 1.54) is 5.56 Å². The van der Waals surface area contributed by atoms with E-state index in [9.17, 15) is 5.11 Å². The van der Waals surface area contributed by atoms with Crippen molar-refractivity contribution < 1.29 is 5.11 Å². The highest BCUT2D eigenvalue weighted by Crippen LogP contribution is 2.14. The minimum absolute atomic E-state index is 0.335. The van der Waals surface area contributed by atoms with E-state index in [4.69, 9.17) is 0 Å². The maximum atomic E-state index is 9.61. The summed E-state index contributed by atoms with van der Waals surface area (Å²) in [7, 11) is 1.89. The summed E-state index contributed by atoms with van der Waals surface area (Å²) < 4.78 is 0. The fraction of sp³-hybridized carbons (Fsp3) is 0.444. The van der Waals surface area contributed by atoms with Gasteiger partial charge in [0.25, 0.3) is 0 Å². The van der Waals surface area contributed by atoms with Gasteiger partial charge < -0.3 is 15.4 Å². The SMILES string of the molecule is CC.CCc1cc[nH]c1.CNCCC(O)c1ccccc1. The van der Waals surface area contributed by atoms with E-state index in [2.05, 4.69) is 23.3 Å². The van der Waals surface area contributed by atoms with Crippen molar-refractivity contribution in [2.45, 2.75) is 39.7 Å². The standard InChI is InChI=1S/C10H15NO.C6H9N.C2H6/c1-11-8-7-10(12)9-5-3-2-4-6-9;1-2-6-3-4-7-5-6;1-2/h2-6,10-12H,7-8H2,1H3;3-5,7H,2H2,1H3;1-2H3. The average molecular weight is 290 g/mol. The van der Waals surface area contributed by atoms with Crippen molar-refractivity contribution in [1.29, 1.82) is 0 Å². The lowest BCUT2D eigenvalue weighted by atomic mass is 10.1. The highest BCUT2D eigenvalue weighted by molar-refractivity contribution is 5.17. The van der Waals surface area contributed by atoms with Gasteiger partial charge >= 0.3 is 0 Å². The predicted molar refractivity (Wildman–Crippen MR) is 91.5 cm³/mol. The molecule has 2 aromatic rings. The Kier molecular flexibility index (Phi) is 12.4. The molecule has 1 atom stereocenters. The molecule has 0 spiro atoms. The van der Waals surface area contributed by atoms with Crippen LogP contribution in [-0.4, -0.2) is 23.7 Å². The lowest BCUT2D eigenvalue weighted by Crippen LogP contribution is -2.11. The number of nitrogens with one attached hydrogen (secondary N) is 2. The molecule has 0 aliphatic heterocycles. The van der Waals surface area contributed by atoms with Gasteiger partial charge in [0.05, 0.1) is 6.10 Å². The van der Waals surface area contributed by atoms with E-state index >= 15 is 0 Å². The van der Waals surface area contributed by atoms with Crippen LogP contribution in [0, 0.1) is 0 Å². The predicted octanol–water partition coefficient (Wildman–Crippen LogP) is 3.93. The van der Waals surface area contributed by atoms with Gasteiger partial charge in [0.1, 0.15) is 0 Å². The molecular weight excluding hydrogens is 260 g/mol. The fourth-order valence-corrected chi connectivity index (χ4v) is 1.70. The van der Waals surface area contributed by atoms with E-state index in [0.717, 1.165) is 24.9 Å². The molecule has 0 bridgehead atoms. The average Bonchev–Trinajstić information content (AvgIpc) is 3.09. The molecule has 2 rings (SSSR count). The number of aryl methyl sites for hydroxylation is 1. The third-order valence-electron chi connectivity index (χ3n) is 2.92. The van der Waals surface area contributed by atoms with E-state index in [-0.39, 0.29) is 6.10 Å². The molecule has 3 heteroatoms. The highest BCUT2D eigenvalue weighted by atomic mass is 16.3. The number of hydrogen-bond acceptors (Lipinski definition) is 2. The van der Waals surface area contributed by atoms with Gasteiger partial charge in [-0.1, -0.05) is 51.1 Å². The third-order valence-corrected chi connectivity index (χ3v) is 2.92. The van der Waals surface area contributed by atoms with Crippen molar-refractivity contribution >= 4 is 0 Å². The summed E-state index contributed by atoms with van der Waals surface area (Å²) in [6, 6.07) is 11.8. The van der Waals surface area contributed by atoms with Gasteiger partial charge in [0, 0.05) is 12.4 Å². The van der Waals surface area contributed by atoms with Crippen LogP contribution >= 0.6 is 0 Å². The minimum atomic E-state index is -0.335. The number of aromatic amines is 1. The second-order valence-electron chi connectivity index (χ2n) is 4.39. The Bertz CT molecular complexity index is 412. The monoisotopic (exact) mass is 290 g/mol. The molecule has 0 saturated heterocycles. The largest absolute Gasteiger partial charge is 0.388 e. The van der Waals surface area contributed by atoms with Crippen LogP contribution in [0.3, 0.4) is 0 Å². The zero-order chi connectivity index (χ0) is 15.9. The molecule has 1 heterocycles. The van der Waals surface area contributed by atoms with Crippen LogP contribution in [-0.2, 0) is 6.42 Å². The fourth-order valence-electron chi connectivity index (χ4n) is 1.70. The summed E-state index contributed by atoms with van der Waals surface area (Å²) >= 11 is 0. The third kappa shape index (κ3) is 9.05. The van der Waals surface area contributed by atoms with Crippen LogP contribution < -0.4 is 5.32 Å². The first-order valence-corrected chi connectivity index (χ1v) is 7.77. The topological polar surface area (TPSA) is 48.0 Å². The molecule has 21 heavy (non-hydrogen) atoms. The number of H-pyrrole nitrogens is 1. The number of benzene rings is 1. The van der Waals surface area contributed by atoms with Crippen LogP contribution in [0.1, 0.15) is 44.4 Å². The van der Waals surface area contributed by atoms with Crippen molar-refractivity contribution in [3.63, 3.8) is 0 Å². The molecule has 0 aliphatic carbocycles. The number of aromatic nitrogens is 1. The van der Waals surface area contributed by atoms with E-state index in [1.54, 1.807) is 0 Å². The molecule has 118 valence electrons. The summed E-state index contributed by atoms with van der Waals surface area (Å²) in [5.41, 5.74) is 2.37. The summed E-state index contributed by atoms with van der Waals surface area (Å²) in [6.45, 7) is 6.99. The molecule has 1 aromatic carbocycles. The van der Waals surface area contributed by atoms with Gasteiger partial charge in [-0.2, -0.15) is 0 Å². The van der Waals surface area contributed by atoms with Gasteiger partial charge in [-0.25, -0.2) is 0 Å². The first-order valence-electron chi connectivity index (χ1n) is 7.77. The van der Waals surface area contributed by atoms with Gasteiger partial charge in [0.2, 0.25) is 0 Å². The maximum absolute atomic E-state index is 9.61. The Labute approximate surface area is 129 Å². The van der Waals surface area contributed by atoms with Gasteiger partial charge in [-0.05, 0) is 43.6 Å². The van der Waals surface area contributed by atoms with Gasteiger partial charge in [0.15, 0.2) is 0 Å². The molecule has 0 aliphatic rings. The number of aliphatic hydroxyl groups excluding tert-OH is 1. The van der Waals surface area contributed by atoms with E-state index in [0.29, 0.717) is 0 Å². The van der Waals surface area contributed by atoms with Crippen LogP contribution in [0.5, 0.6) is 0 Å². The molecule has 1 aromatic heterocycles. The Hall–Kier alpha value is -1.58. The molecule has 0 saturated carbocycles. The maximum Gasteiger partial charge on any atom is 0.0802 e. The number of rotatable bonds is 5. The van der Waals surface area contributed by atoms with Crippen molar-refractivity contribution in [1.82, 2.24) is 10.3 Å². The Morgan fingerprint density at radius 3 is 2.24 bits per heavy atom. The Morgan fingerprint density at radius 2 is 1.81 bits per heavy atom. The minimum Gasteiger partial charge on any atom is -0.388 e. The first-order chi connectivity index (χ1) is 10.3. The molecule has 0 fully saturated rings. The quantitative estimate of drug-likeness (QED) is 0.781. The second-order valence-corrected chi connectivity index (χ2v) is 4.39. The normalized spacial score (nSPS) is 10.7. The molecule has 0 amide bonds. The van der Waals surface area contributed by atoms with Gasteiger partial charge in [-0.15, -0.1) is 0 Å². The van der Waals surface area contributed by atoms with Crippen molar-refractivity contribution in [3.05, 3.63) is 59.9 Å². The van der Waals surface area contributed by atoms with Crippen LogP contribution in [0.4, 0.5) is 0 Å². The van der Waals surface area contributed by atoms with Crippen LogP contribution in [0.15, 0.2) is 48.8 Å². The van der Waals surface area contributed by atoms with Crippen molar-refractivity contribution in [2.75, 3.05) is 13.6 Å². The molecule has 3 nitrogen and oxygen atoms in total. The van der Waals surface area contributed by atoms with Gasteiger partial charge in [-0.3, -0.25) is 0 Å². The zero-order valence-electron chi connectivity index (χ0n) is 13.8. The Morgan fingerprint density at radius 1 is 1.14 bits per heavy atom. The highest BCUT2D eigenvalue weighted by Gasteiger charge is 2.04. The molecular formula is C18H30N2O. The zero-order valence-corrected chi connectivity index (χ0v) is 13.8. The van der Waals surface area contributed by atoms with E-state index < -0.39 is 0 Å². The lowest BCUT2D eigenvalue weighted by molar-refractivity contribution is 0.168. The second kappa shape index (κ2) is 13.4. The Balaban J connectivity index is 0.000000377. The summed E-state index contributed by atoms with van der Waals surface area (Å²) in [4.78, 5) is 2.98. The van der Waals surface area contributed by atoms with E-state index in [1.807, 2.05) is 63.6 Å². The lowest BCUT2D eigenvalue weighted by Gasteiger charge is -2.09. The van der Waals surface area contributed by atoms with Crippen molar-refractivity contribution in [3.8, 4) is 0 Å². The summed E-state index contributed by atoms with van der Waals surface area (Å²) in [5.74, 6) is 0. The van der Waals surface area contributed by atoms with Crippen LogP contribution in [0.25, 0.3) is 0 Å². The molecule has 1 unspecified atom stereocenters. The number of aliphatic hydroxyl groups is 1. The van der Waals surface area contributed by atoms with Crippen LogP contribution in [0.2, 0.25) is 0 Å². The van der Waals surface area contributed by atoms with Crippen molar-refractivity contribution in [2.24, 2.45) is 0 Å². The summed E-state index contributed by atoms with van der Waals surface area (Å²) in [6.07, 6.45) is 5.52.